The van der Waals surface area contributed by atoms with E-state index in [-0.39, 0.29) is 0 Å². The maximum absolute atomic E-state index is 12.9. The molecule has 4 atom stereocenters. The first-order valence-corrected chi connectivity index (χ1v) is 9.36. The molecule has 2 rings (SSSR count). The quantitative estimate of drug-likeness (QED) is 0.724. The second kappa shape index (κ2) is 7.69. The van der Waals surface area contributed by atoms with E-state index in [1.165, 1.54) is 38.5 Å². The average Bonchev–Trinajstić information content (AvgIpc) is 2.50. The van der Waals surface area contributed by atoms with Gasteiger partial charge in [0.1, 0.15) is 7.85 Å². The summed E-state index contributed by atoms with van der Waals surface area (Å²) in [5.74, 6) is 2.33. The number of nitrogens with zero attached hydrogens (tertiary/aromatic N) is 1. The molecule has 0 aromatic rings. The molecule has 0 N–H and O–H groups in total. The first-order valence-electron chi connectivity index (χ1n) is 9.36. The van der Waals surface area contributed by atoms with Crippen LogP contribution in [0, 0.1) is 11.8 Å². The zero-order valence-corrected chi connectivity index (χ0v) is 14.6. The molecule has 0 spiro atoms. The Bertz CT molecular complexity index is 344. The lowest BCUT2D eigenvalue weighted by atomic mass is 9.70. The third-order valence-corrected chi connectivity index (χ3v) is 5.69. The normalized spacial score (nSPS) is 35.0. The molecular formula is C18H34BNO. The van der Waals surface area contributed by atoms with Crippen molar-refractivity contribution in [2.24, 2.45) is 11.8 Å². The van der Waals surface area contributed by atoms with E-state index in [1.54, 1.807) is 0 Å². The van der Waals surface area contributed by atoms with Gasteiger partial charge in [0, 0.05) is 18.0 Å². The van der Waals surface area contributed by atoms with E-state index in [2.05, 4.69) is 33.5 Å². The number of hydrogen-bond donors (Lipinski definition) is 0. The van der Waals surface area contributed by atoms with Gasteiger partial charge in [0.25, 0.3) is 0 Å². The van der Waals surface area contributed by atoms with E-state index in [0.717, 1.165) is 31.0 Å². The SMILES string of the molecule is BC1CCCCCC2C(C1)CC(CCC)C(=O)N2C(C)C. The molecule has 1 amide bonds. The van der Waals surface area contributed by atoms with Gasteiger partial charge in [-0.3, -0.25) is 4.79 Å². The zero-order valence-electron chi connectivity index (χ0n) is 14.6. The van der Waals surface area contributed by atoms with Crippen molar-refractivity contribution in [2.45, 2.75) is 96.5 Å². The molecular weight excluding hydrogens is 257 g/mol. The van der Waals surface area contributed by atoms with E-state index in [1.807, 2.05) is 0 Å². The molecule has 2 nitrogen and oxygen atoms in total. The second-order valence-corrected chi connectivity index (χ2v) is 7.87. The Morgan fingerprint density at radius 3 is 2.57 bits per heavy atom. The highest BCUT2D eigenvalue weighted by atomic mass is 16.2. The van der Waals surface area contributed by atoms with E-state index in [0.29, 0.717) is 23.9 Å². The highest BCUT2D eigenvalue weighted by Crippen LogP contribution is 2.40. The van der Waals surface area contributed by atoms with Crippen molar-refractivity contribution in [3.8, 4) is 0 Å². The first kappa shape index (κ1) is 16.9. The Labute approximate surface area is 132 Å². The van der Waals surface area contributed by atoms with Crippen LogP contribution in [-0.2, 0) is 4.79 Å². The number of rotatable bonds is 3. The number of amides is 1. The van der Waals surface area contributed by atoms with Gasteiger partial charge in [0.05, 0.1) is 0 Å². The van der Waals surface area contributed by atoms with Crippen LogP contribution in [0.3, 0.4) is 0 Å². The zero-order chi connectivity index (χ0) is 15.4. The van der Waals surface area contributed by atoms with Crippen LogP contribution in [0.25, 0.3) is 0 Å². The van der Waals surface area contributed by atoms with Crippen LogP contribution >= 0.6 is 0 Å². The van der Waals surface area contributed by atoms with E-state index >= 15 is 0 Å². The van der Waals surface area contributed by atoms with Gasteiger partial charge in [-0.05, 0) is 39.0 Å². The molecule has 3 heteroatoms. The van der Waals surface area contributed by atoms with Crippen molar-refractivity contribution in [2.75, 3.05) is 0 Å². The number of carbonyl (C=O) groups excluding carboxylic acids is 1. The summed E-state index contributed by atoms with van der Waals surface area (Å²) in [5, 5.41) is 0. The monoisotopic (exact) mass is 291 g/mol. The predicted octanol–water partition coefficient (Wildman–Crippen LogP) is 3.80. The molecule has 0 aromatic carbocycles. The van der Waals surface area contributed by atoms with Gasteiger partial charge in [-0.1, -0.05) is 51.3 Å². The molecule has 4 unspecified atom stereocenters. The Hall–Kier alpha value is -0.465. The second-order valence-electron chi connectivity index (χ2n) is 7.87. The number of carbonyl (C=O) groups is 1. The summed E-state index contributed by atoms with van der Waals surface area (Å²) in [6, 6.07) is 0.881. The topological polar surface area (TPSA) is 20.3 Å². The Morgan fingerprint density at radius 2 is 1.90 bits per heavy atom. The molecule has 1 aliphatic heterocycles. The maximum atomic E-state index is 12.9. The first-order chi connectivity index (χ1) is 10.0. The van der Waals surface area contributed by atoms with Crippen LogP contribution in [0.2, 0.25) is 5.82 Å². The molecule has 0 radical (unpaired) electrons. The lowest BCUT2D eigenvalue weighted by Gasteiger charge is -2.47. The van der Waals surface area contributed by atoms with Gasteiger partial charge in [0.15, 0.2) is 0 Å². The van der Waals surface area contributed by atoms with Crippen molar-refractivity contribution >= 4 is 13.8 Å². The summed E-state index contributed by atoms with van der Waals surface area (Å²) in [4.78, 5) is 15.2. The van der Waals surface area contributed by atoms with Crippen molar-refractivity contribution in [1.29, 1.82) is 0 Å². The van der Waals surface area contributed by atoms with Crippen LogP contribution in [0.15, 0.2) is 0 Å². The molecule has 120 valence electrons. The van der Waals surface area contributed by atoms with Crippen LogP contribution in [0.4, 0.5) is 0 Å². The van der Waals surface area contributed by atoms with Gasteiger partial charge in [-0.25, -0.2) is 0 Å². The molecule has 2 aliphatic rings. The Morgan fingerprint density at radius 1 is 1.19 bits per heavy atom. The minimum absolute atomic E-state index is 0.298. The molecule has 1 heterocycles. The van der Waals surface area contributed by atoms with Crippen molar-refractivity contribution < 1.29 is 4.79 Å². The van der Waals surface area contributed by atoms with Crippen molar-refractivity contribution in [1.82, 2.24) is 4.90 Å². The van der Waals surface area contributed by atoms with Crippen LogP contribution in [0.1, 0.15) is 78.6 Å². The van der Waals surface area contributed by atoms with Crippen molar-refractivity contribution in [3.05, 3.63) is 0 Å². The highest BCUT2D eigenvalue weighted by Gasteiger charge is 2.42. The van der Waals surface area contributed by atoms with Crippen LogP contribution in [0.5, 0.6) is 0 Å². The summed E-state index contributed by atoms with van der Waals surface area (Å²) in [6.07, 6.45) is 11.4. The fraction of sp³-hybridized carbons (Fsp3) is 0.944. The van der Waals surface area contributed by atoms with E-state index in [4.69, 9.17) is 0 Å². The fourth-order valence-electron chi connectivity index (χ4n) is 4.74. The Kier molecular flexibility index (Phi) is 6.19. The minimum Gasteiger partial charge on any atom is -0.337 e. The van der Waals surface area contributed by atoms with E-state index in [9.17, 15) is 4.79 Å². The van der Waals surface area contributed by atoms with Gasteiger partial charge in [-0.15, -0.1) is 0 Å². The largest absolute Gasteiger partial charge is 0.337 e. The van der Waals surface area contributed by atoms with Crippen LogP contribution in [-0.4, -0.2) is 30.7 Å². The number of piperidine rings is 1. The third kappa shape index (κ3) is 4.04. The summed E-state index contributed by atoms with van der Waals surface area (Å²) in [6.45, 7) is 6.63. The predicted molar refractivity (Wildman–Crippen MR) is 92.3 cm³/mol. The summed E-state index contributed by atoms with van der Waals surface area (Å²) < 4.78 is 0. The number of hydrogen-bond acceptors (Lipinski definition) is 1. The maximum Gasteiger partial charge on any atom is 0.226 e. The summed E-state index contributed by atoms with van der Waals surface area (Å²) >= 11 is 0. The number of likely N-dealkylation sites (tertiary alicyclic amines) is 1. The molecule has 1 saturated heterocycles. The van der Waals surface area contributed by atoms with Crippen LogP contribution < -0.4 is 0 Å². The Balaban J connectivity index is 2.21. The molecule has 0 aromatic heterocycles. The third-order valence-electron chi connectivity index (χ3n) is 5.69. The lowest BCUT2D eigenvalue weighted by molar-refractivity contribution is -0.148. The van der Waals surface area contributed by atoms with Gasteiger partial charge < -0.3 is 4.90 Å². The fourth-order valence-corrected chi connectivity index (χ4v) is 4.74. The molecule has 21 heavy (non-hydrogen) atoms. The lowest BCUT2D eigenvalue weighted by Crippen LogP contribution is -2.55. The van der Waals surface area contributed by atoms with Gasteiger partial charge in [-0.2, -0.15) is 0 Å². The molecule has 0 bridgehead atoms. The minimum atomic E-state index is 0.298. The van der Waals surface area contributed by atoms with Gasteiger partial charge in [0.2, 0.25) is 5.91 Å². The van der Waals surface area contributed by atoms with E-state index < -0.39 is 0 Å². The molecule has 2 fully saturated rings. The number of fused-ring (bicyclic) bond motifs is 1. The highest BCUT2D eigenvalue weighted by molar-refractivity contribution is 6.11. The summed E-state index contributed by atoms with van der Waals surface area (Å²) in [7, 11) is 2.42. The summed E-state index contributed by atoms with van der Waals surface area (Å²) in [5.41, 5.74) is 0. The standard InChI is InChI=1S/C18H34BNO/c1-4-8-14-11-15-12-16(19)9-6-5-7-10-17(15)20(13(2)3)18(14)21/h13-17H,4-12,19H2,1-3H3. The van der Waals surface area contributed by atoms with Crippen molar-refractivity contribution in [3.63, 3.8) is 0 Å². The smallest absolute Gasteiger partial charge is 0.226 e. The average molecular weight is 291 g/mol. The molecule has 1 saturated carbocycles. The van der Waals surface area contributed by atoms with Gasteiger partial charge >= 0.3 is 0 Å². The molecule has 1 aliphatic carbocycles.